The highest BCUT2D eigenvalue weighted by molar-refractivity contribution is 5.20. The number of para-hydroxylation sites is 1. The normalized spacial score (nSPS) is 24.6. The van der Waals surface area contributed by atoms with Gasteiger partial charge in [0.1, 0.15) is 5.75 Å². The lowest BCUT2D eigenvalue weighted by atomic mass is 10.0. The first-order valence-corrected chi connectivity index (χ1v) is 6.28. The molecule has 0 heterocycles. The fourth-order valence-corrected chi connectivity index (χ4v) is 2.45. The number of rotatable bonds is 5. The van der Waals surface area contributed by atoms with Gasteiger partial charge in [-0.15, -0.1) is 0 Å². The van der Waals surface area contributed by atoms with Crippen molar-refractivity contribution in [2.45, 2.75) is 38.1 Å². The van der Waals surface area contributed by atoms with Crippen molar-refractivity contribution in [3.63, 3.8) is 0 Å². The van der Waals surface area contributed by atoms with Gasteiger partial charge in [0, 0.05) is 6.04 Å². The van der Waals surface area contributed by atoms with Crippen LogP contribution in [0, 0.1) is 5.92 Å². The van der Waals surface area contributed by atoms with Crippen molar-refractivity contribution >= 4 is 0 Å². The molecule has 1 aromatic carbocycles. The van der Waals surface area contributed by atoms with Crippen molar-refractivity contribution < 1.29 is 4.74 Å². The molecule has 88 valence electrons. The fourth-order valence-electron chi connectivity index (χ4n) is 2.45. The van der Waals surface area contributed by atoms with Crippen LogP contribution >= 0.6 is 0 Å². The quantitative estimate of drug-likeness (QED) is 0.773. The predicted molar refractivity (Wildman–Crippen MR) is 66.5 cm³/mol. The van der Waals surface area contributed by atoms with Gasteiger partial charge >= 0.3 is 0 Å². The molecule has 0 amide bonds. The molecule has 1 saturated carbocycles. The maximum Gasteiger partial charge on any atom is 0.119 e. The van der Waals surface area contributed by atoms with Gasteiger partial charge in [0.25, 0.3) is 0 Å². The highest BCUT2D eigenvalue weighted by Gasteiger charge is 2.20. The average molecular weight is 219 g/mol. The topological polar surface area (TPSA) is 35.2 Å². The zero-order valence-corrected chi connectivity index (χ0v) is 9.77. The van der Waals surface area contributed by atoms with E-state index in [4.69, 9.17) is 10.5 Å². The Labute approximate surface area is 97.8 Å². The molecule has 0 aromatic heterocycles. The lowest BCUT2D eigenvalue weighted by Gasteiger charge is -2.10. The first-order valence-electron chi connectivity index (χ1n) is 6.28. The summed E-state index contributed by atoms with van der Waals surface area (Å²) in [4.78, 5) is 0. The molecule has 1 aliphatic rings. The van der Waals surface area contributed by atoms with E-state index in [1.54, 1.807) is 0 Å². The summed E-state index contributed by atoms with van der Waals surface area (Å²) in [7, 11) is 0. The van der Waals surface area contributed by atoms with E-state index >= 15 is 0 Å². The predicted octanol–water partition coefficient (Wildman–Crippen LogP) is 2.97. The van der Waals surface area contributed by atoms with Crippen LogP contribution in [0.15, 0.2) is 30.3 Å². The summed E-state index contributed by atoms with van der Waals surface area (Å²) in [6.07, 6.45) is 6.15. The maximum atomic E-state index is 5.89. The van der Waals surface area contributed by atoms with Crippen LogP contribution in [-0.2, 0) is 0 Å². The van der Waals surface area contributed by atoms with Gasteiger partial charge in [0.05, 0.1) is 6.61 Å². The molecule has 0 saturated heterocycles. The van der Waals surface area contributed by atoms with Crippen molar-refractivity contribution in [2.75, 3.05) is 6.61 Å². The first-order chi connectivity index (χ1) is 7.84. The lowest BCUT2D eigenvalue weighted by Crippen LogP contribution is -2.14. The van der Waals surface area contributed by atoms with Crippen molar-refractivity contribution in [3.05, 3.63) is 30.3 Å². The molecule has 16 heavy (non-hydrogen) atoms. The first kappa shape index (κ1) is 11.5. The second-order valence-corrected chi connectivity index (χ2v) is 4.74. The van der Waals surface area contributed by atoms with Gasteiger partial charge in [-0.25, -0.2) is 0 Å². The van der Waals surface area contributed by atoms with Crippen LogP contribution in [0.2, 0.25) is 0 Å². The zero-order chi connectivity index (χ0) is 11.2. The summed E-state index contributed by atoms with van der Waals surface area (Å²) >= 11 is 0. The van der Waals surface area contributed by atoms with Crippen LogP contribution in [0.1, 0.15) is 32.1 Å². The Morgan fingerprint density at radius 3 is 2.69 bits per heavy atom. The highest BCUT2D eigenvalue weighted by atomic mass is 16.5. The van der Waals surface area contributed by atoms with E-state index in [1.807, 2.05) is 30.3 Å². The molecule has 1 aliphatic carbocycles. The number of hydrogen-bond acceptors (Lipinski definition) is 2. The Hall–Kier alpha value is -1.02. The van der Waals surface area contributed by atoms with Crippen LogP contribution < -0.4 is 10.5 Å². The molecule has 2 atom stereocenters. The van der Waals surface area contributed by atoms with E-state index in [1.165, 1.54) is 25.7 Å². The molecule has 2 rings (SSSR count). The second kappa shape index (κ2) is 5.90. The Morgan fingerprint density at radius 2 is 2.00 bits per heavy atom. The van der Waals surface area contributed by atoms with Gasteiger partial charge in [-0.1, -0.05) is 18.2 Å². The number of hydrogen-bond donors (Lipinski definition) is 1. The number of nitrogens with two attached hydrogens (primary N) is 1. The monoisotopic (exact) mass is 219 g/mol. The van der Waals surface area contributed by atoms with E-state index in [-0.39, 0.29) is 0 Å². The fraction of sp³-hybridized carbons (Fsp3) is 0.571. The summed E-state index contributed by atoms with van der Waals surface area (Å²) < 4.78 is 5.66. The summed E-state index contributed by atoms with van der Waals surface area (Å²) in [5, 5.41) is 0. The Bertz CT molecular complexity index is 299. The van der Waals surface area contributed by atoms with E-state index in [9.17, 15) is 0 Å². The largest absolute Gasteiger partial charge is 0.494 e. The van der Waals surface area contributed by atoms with Gasteiger partial charge in [0.2, 0.25) is 0 Å². The summed E-state index contributed by atoms with van der Waals surface area (Å²) in [5.41, 5.74) is 5.89. The minimum atomic E-state index is 0.458. The summed E-state index contributed by atoms with van der Waals surface area (Å²) in [5.74, 6) is 1.82. The number of benzene rings is 1. The molecule has 2 unspecified atom stereocenters. The standard InChI is InChI=1S/C14H21NO/c15-13-9-8-12(11-13)5-4-10-16-14-6-2-1-3-7-14/h1-3,6-7,12-13H,4-5,8-11,15H2. The smallest absolute Gasteiger partial charge is 0.119 e. The minimum absolute atomic E-state index is 0.458. The van der Waals surface area contributed by atoms with Crippen molar-refractivity contribution in [1.29, 1.82) is 0 Å². The van der Waals surface area contributed by atoms with Crippen molar-refractivity contribution in [3.8, 4) is 5.75 Å². The van der Waals surface area contributed by atoms with E-state index in [0.29, 0.717) is 6.04 Å². The van der Waals surface area contributed by atoms with Crippen LogP contribution in [-0.4, -0.2) is 12.6 Å². The van der Waals surface area contributed by atoms with Crippen molar-refractivity contribution in [2.24, 2.45) is 11.7 Å². The molecular weight excluding hydrogens is 198 g/mol. The molecule has 0 aliphatic heterocycles. The van der Waals surface area contributed by atoms with Gasteiger partial charge in [-0.3, -0.25) is 0 Å². The maximum absolute atomic E-state index is 5.89. The molecule has 1 aromatic rings. The number of ether oxygens (including phenoxy) is 1. The van der Waals surface area contributed by atoms with E-state index < -0.39 is 0 Å². The van der Waals surface area contributed by atoms with Gasteiger partial charge in [-0.05, 0) is 50.2 Å². The second-order valence-electron chi connectivity index (χ2n) is 4.74. The Kier molecular flexibility index (Phi) is 4.23. The van der Waals surface area contributed by atoms with Crippen LogP contribution in [0.4, 0.5) is 0 Å². The van der Waals surface area contributed by atoms with E-state index in [0.717, 1.165) is 24.7 Å². The third-order valence-electron chi connectivity index (χ3n) is 3.35. The summed E-state index contributed by atoms with van der Waals surface area (Å²) in [6.45, 7) is 0.829. The van der Waals surface area contributed by atoms with Crippen LogP contribution in [0.5, 0.6) is 5.75 Å². The van der Waals surface area contributed by atoms with Crippen LogP contribution in [0.3, 0.4) is 0 Å². The SMILES string of the molecule is NC1CCC(CCCOc2ccccc2)C1. The molecule has 0 spiro atoms. The van der Waals surface area contributed by atoms with Gasteiger partial charge in [0.15, 0.2) is 0 Å². The Balaban J connectivity index is 1.59. The van der Waals surface area contributed by atoms with Crippen molar-refractivity contribution in [1.82, 2.24) is 0 Å². The molecule has 0 radical (unpaired) electrons. The molecule has 2 nitrogen and oxygen atoms in total. The molecule has 1 fully saturated rings. The average Bonchev–Trinajstić information content (AvgIpc) is 2.72. The van der Waals surface area contributed by atoms with Gasteiger partial charge in [-0.2, -0.15) is 0 Å². The van der Waals surface area contributed by atoms with Gasteiger partial charge < -0.3 is 10.5 Å². The minimum Gasteiger partial charge on any atom is -0.494 e. The highest BCUT2D eigenvalue weighted by Crippen LogP contribution is 2.27. The summed E-state index contributed by atoms with van der Waals surface area (Å²) in [6, 6.07) is 10.5. The third kappa shape index (κ3) is 3.53. The third-order valence-corrected chi connectivity index (χ3v) is 3.35. The zero-order valence-electron chi connectivity index (χ0n) is 9.77. The molecule has 0 bridgehead atoms. The Morgan fingerprint density at radius 1 is 1.19 bits per heavy atom. The molecular formula is C14H21NO. The molecule has 2 N–H and O–H groups in total. The lowest BCUT2D eigenvalue weighted by molar-refractivity contribution is 0.292. The molecule has 2 heteroatoms. The van der Waals surface area contributed by atoms with E-state index in [2.05, 4.69) is 0 Å². The van der Waals surface area contributed by atoms with Crippen LogP contribution in [0.25, 0.3) is 0 Å².